The summed E-state index contributed by atoms with van der Waals surface area (Å²) >= 11 is 0. The van der Waals surface area contributed by atoms with E-state index in [9.17, 15) is 4.57 Å². The van der Waals surface area contributed by atoms with Crippen LogP contribution in [-0.2, 0) is 36.3 Å². The first-order valence-electron chi connectivity index (χ1n) is 7.81. The Morgan fingerprint density at radius 1 is 0.625 bits per heavy atom. The summed E-state index contributed by atoms with van der Waals surface area (Å²) in [6.45, 7) is 2.21. The van der Waals surface area contributed by atoms with Crippen LogP contribution in [0.25, 0.3) is 0 Å². The van der Waals surface area contributed by atoms with E-state index in [4.69, 9.17) is 18.5 Å². The van der Waals surface area contributed by atoms with Gasteiger partial charge in [-0.1, -0.05) is 60.7 Å². The zero-order valence-electron chi connectivity index (χ0n) is 13.5. The summed E-state index contributed by atoms with van der Waals surface area (Å²) in [5.74, 6) is 0. The maximum absolute atomic E-state index is 11.5. The van der Waals surface area contributed by atoms with Gasteiger partial charge in [0.2, 0.25) is 0 Å². The average molecular weight is 349 g/mol. The molecule has 0 saturated carbocycles. The van der Waals surface area contributed by atoms with E-state index in [1.54, 1.807) is 0 Å². The van der Waals surface area contributed by atoms with Crippen molar-refractivity contribution in [3.05, 3.63) is 71.8 Å². The number of rotatable bonds is 12. The Balaban J connectivity index is 1.42. The van der Waals surface area contributed by atoms with Gasteiger partial charge in [0.1, 0.15) is 13.2 Å². The van der Waals surface area contributed by atoms with Crippen molar-refractivity contribution in [1.82, 2.24) is 0 Å². The molecular weight excluding hydrogens is 327 g/mol. The zero-order valence-corrected chi connectivity index (χ0v) is 14.4. The lowest BCUT2D eigenvalue weighted by molar-refractivity contribution is 0.0701. The number of ether oxygens (including phenoxy) is 2. The van der Waals surface area contributed by atoms with Gasteiger partial charge in [-0.2, -0.15) is 0 Å². The van der Waals surface area contributed by atoms with E-state index < -0.39 is 8.25 Å². The van der Waals surface area contributed by atoms with Crippen LogP contribution < -0.4 is 0 Å². The molecule has 0 radical (unpaired) electrons. The second-order valence-electron chi connectivity index (χ2n) is 4.97. The Hall–Kier alpha value is -1.62. The van der Waals surface area contributed by atoms with Gasteiger partial charge in [-0.3, -0.25) is 0 Å². The molecule has 6 heteroatoms. The SMILES string of the molecule is O=[P+](OCCOCc1ccccc1)OCCOCc1ccccc1. The first-order valence-corrected chi connectivity index (χ1v) is 8.90. The van der Waals surface area contributed by atoms with Crippen molar-refractivity contribution < 1.29 is 23.1 Å². The molecule has 0 aliphatic heterocycles. The van der Waals surface area contributed by atoms with E-state index in [2.05, 4.69) is 0 Å². The van der Waals surface area contributed by atoms with Gasteiger partial charge in [-0.25, -0.2) is 0 Å². The fourth-order valence-corrected chi connectivity index (χ4v) is 2.43. The van der Waals surface area contributed by atoms with Crippen molar-refractivity contribution in [1.29, 1.82) is 0 Å². The van der Waals surface area contributed by atoms with Crippen LogP contribution in [0.15, 0.2) is 60.7 Å². The van der Waals surface area contributed by atoms with Crippen LogP contribution in [0.4, 0.5) is 0 Å². The van der Waals surface area contributed by atoms with E-state index in [1.165, 1.54) is 0 Å². The van der Waals surface area contributed by atoms with E-state index in [0.717, 1.165) is 11.1 Å². The molecule has 0 aliphatic carbocycles. The predicted molar refractivity (Wildman–Crippen MR) is 91.7 cm³/mol. The van der Waals surface area contributed by atoms with Crippen molar-refractivity contribution in [3.63, 3.8) is 0 Å². The molecule has 0 fully saturated rings. The molecule has 128 valence electrons. The fourth-order valence-electron chi connectivity index (χ4n) is 1.91. The van der Waals surface area contributed by atoms with Gasteiger partial charge in [-0.05, 0) is 11.1 Å². The molecule has 0 amide bonds. The second kappa shape index (κ2) is 11.8. The highest BCUT2D eigenvalue weighted by Gasteiger charge is 2.19. The van der Waals surface area contributed by atoms with Crippen LogP contribution in [0.3, 0.4) is 0 Å². The largest absolute Gasteiger partial charge is 0.697 e. The minimum absolute atomic E-state index is 0.229. The second-order valence-corrected chi connectivity index (χ2v) is 5.93. The average Bonchev–Trinajstić information content (AvgIpc) is 2.63. The van der Waals surface area contributed by atoms with Gasteiger partial charge in [0, 0.05) is 4.57 Å². The summed E-state index contributed by atoms with van der Waals surface area (Å²) in [6.07, 6.45) is 0. The van der Waals surface area contributed by atoms with Gasteiger partial charge < -0.3 is 9.47 Å². The normalized spacial score (nSPS) is 10.7. The molecule has 2 aromatic rings. The van der Waals surface area contributed by atoms with Gasteiger partial charge >= 0.3 is 8.25 Å². The molecule has 0 spiro atoms. The molecule has 0 unspecified atom stereocenters. The first-order chi connectivity index (χ1) is 11.8. The third kappa shape index (κ3) is 8.29. The summed E-state index contributed by atoms with van der Waals surface area (Å²) in [5, 5.41) is 0. The molecule has 2 aromatic carbocycles. The first kappa shape index (κ1) is 18.7. The van der Waals surface area contributed by atoms with E-state index in [1.807, 2.05) is 60.7 Å². The molecular formula is C18H22O5P+. The highest BCUT2D eigenvalue weighted by atomic mass is 31.1. The lowest BCUT2D eigenvalue weighted by Gasteiger charge is -2.02. The van der Waals surface area contributed by atoms with Crippen molar-refractivity contribution in [2.75, 3.05) is 26.4 Å². The maximum atomic E-state index is 11.5. The van der Waals surface area contributed by atoms with E-state index in [-0.39, 0.29) is 13.2 Å². The van der Waals surface area contributed by atoms with Crippen molar-refractivity contribution in [2.24, 2.45) is 0 Å². The Kier molecular flexibility index (Phi) is 9.24. The highest BCUT2D eigenvalue weighted by molar-refractivity contribution is 7.33. The summed E-state index contributed by atoms with van der Waals surface area (Å²) in [5.41, 5.74) is 2.18. The number of hydrogen-bond donors (Lipinski definition) is 0. The number of benzene rings is 2. The lowest BCUT2D eigenvalue weighted by atomic mass is 10.2. The van der Waals surface area contributed by atoms with Crippen LogP contribution in [0.2, 0.25) is 0 Å². The third-order valence-electron chi connectivity index (χ3n) is 3.07. The molecule has 0 aromatic heterocycles. The summed E-state index contributed by atoms with van der Waals surface area (Å²) < 4.78 is 32.5. The van der Waals surface area contributed by atoms with Crippen LogP contribution in [0.5, 0.6) is 0 Å². The highest BCUT2D eigenvalue weighted by Crippen LogP contribution is 2.22. The Morgan fingerprint density at radius 2 is 1.04 bits per heavy atom. The van der Waals surface area contributed by atoms with Gasteiger partial charge in [-0.15, -0.1) is 9.05 Å². The van der Waals surface area contributed by atoms with Crippen LogP contribution >= 0.6 is 8.25 Å². The predicted octanol–water partition coefficient (Wildman–Crippen LogP) is 4.11. The van der Waals surface area contributed by atoms with E-state index >= 15 is 0 Å². The Bertz CT molecular complexity index is 525. The topological polar surface area (TPSA) is 54.0 Å². The smallest absolute Gasteiger partial charge is 0.374 e. The molecule has 0 aliphatic rings. The quantitative estimate of drug-likeness (QED) is 0.426. The van der Waals surface area contributed by atoms with E-state index in [0.29, 0.717) is 26.4 Å². The maximum Gasteiger partial charge on any atom is 0.697 e. The molecule has 0 bridgehead atoms. The molecule has 2 rings (SSSR count). The molecule has 0 saturated heterocycles. The number of hydrogen-bond acceptors (Lipinski definition) is 5. The minimum atomic E-state index is -2.13. The molecule has 0 N–H and O–H groups in total. The lowest BCUT2D eigenvalue weighted by Crippen LogP contribution is -2.04. The molecule has 24 heavy (non-hydrogen) atoms. The Morgan fingerprint density at radius 3 is 1.46 bits per heavy atom. The summed E-state index contributed by atoms with van der Waals surface area (Å²) in [6, 6.07) is 19.7. The van der Waals surface area contributed by atoms with Crippen LogP contribution in [0, 0.1) is 0 Å². The van der Waals surface area contributed by atoms with Gasteiger partial charge in [0.05, 0.1) is 26.4 Å². The minimum Gasteiger partial charge on any atom is -0.374 e. The van der Waals surface area contributed by atoms with Crippen molar-refractivity contribution in [2.45, 2.75) is 13.2 Å². The van der Waals surface area contributed by atoms with Crippen LogP contribution in [-0.4, -0.2) is 26.4 Å². The standard InChI is InChI=1S/C18H22O5P/c19-24(22-13-11-20-15-17-7-3-1-4-8-17)23-14-12-21-16-18-9-5-2-6-10-18/h1-10H,11-16H2/q+1. The zero-order chi connectivity index (χ0) is 16.9. The third-order valence-corrected chi connectivity index (χ3v) is 3.86. The van der Waals surface area contributed by atoms with Crippen LogP contribution in [0.1, 0.15) is 11.1 Å². The monoisotopic (exact) mass is 349 g/mol. The summed E-state index contributed by atoms with van der Waals surface area (Å²) in [7, 11) is -2.13. The Labute approximate surface area is 143 Å². The molecule has 0 atom stereocenters. The van der Waals surface area contributed by atoms with Crippen molar-refractivity contribution >= 4 is 8.25 Å². The molecule has 5 nitrogen and oxygen atoms in total. The van der Waals surface area contributed by atoms with Gasteiger partial charge in [0.25, 0.3) is 0 Å². The van der Waals surface area contributed by atoms with Gasteiger partial charge in [0.15, 0.2) is 0 Å². The van der Waals surface area contributed by atoms with Crippen molar-refractivity contribution in [3.8, 4) is 0 Å². The fraction of sp³-hybridized carbons (Fsp3) is 0.333. The summed E-state index contributed by atoms with van der Waals surface area (Å²) in [4.78, 5) is 0. The molecule has 0 heterocycles.